The largest absolute Gasteiger partial charge is 0.581 e. The minimum atomic E-state index is -3.12. The van der Waals surface area contributed by atoms with Crippen molar-refractivity contribution in [2.45, 2.75) is 20.8 Å². The molecule has 0 amide bonds. The fourth-order valence-electron chi connectivity index (χ4n) is 1.49. The Morgan fingerprint density at radius 3 is 1.33 bits per heavy atom. The van der Waals surface area contributed by atoms with E-state index in [2.05, 4.69) is 0 Å². The van der Waals surface area contributed by atoms with Crippen LogP contribution in [0.3, 0.4) is 0 Å². The predicted molar refractivity (Wildman–Crippen MR) is 68.7 cm³/mol. The first kappa shape index (κ1) is 17.2. The molecule has 0 aliphatic heterocycles. The smallest absolute Gasteiger partial charge is 0.492 e. The Balaban J connectivity index is 5.51. The molecule has 0 N–H and O–H groups in total. The van der Waals surface area contributed by atoms with Crippen LogP contribution in [0.5, 0.6) is 0 Å². The molecular formula is C11H24O6Si. The van der Waals surface area contributed by atoms with Crippen molar-refractivity contribution < 1.29 is 27.5 Å². The van der Waals surface area contributed by atoms with Crippen LogP contribution in [-0.4, -0.2) is 50.0 Å². The van der Waals surface area contributed by atoms with Crippen molar-refractivity contribution in [3.05, 3.63) is 11.3 Å². The fraction of sp³-hybridized carbons (Fsp3) is 0.818. The van der Waals surface area contributed by atoms with Crippen LogP contribution in [0.1, 0.15) is 20.8 Å². The lowest BCUT2D eigenvalue weighted by Gasteiger charge is -2.29. The van der Waals surface area contributed by atoms with Gasteiger partial charge in [-0.2, -0.15) is 0 Å². The van der Waals surface area contributed by atoms with E-state index in [0.29, 0.717) is 25.2 Å². The van der Waals surface area contributed by atoms with Gasteiger partial charge in [0, 0.05) is 19.8 Å². The fourth-order valence-corrected chi connectivity index (χ4v) is 3.98. The summed E-state index contributed by atoms with van der Waals surface area (Å²) < 4.78 is 32.7. The lowest BCUT2D eigenvalue weighted by molar-refractivity contribution is 0.0340. The topological polar surface area (TPSA) is 55.4 Å². The van der Waals surface area contributed by atoms with E-state index in [1.54, 1.807) is 0 Å². The zero-order valence-electron chi connectivity index (χ0n) is 12.1. The third kappa shape index (κ3) is 4.16. The van der Waals surface area contributed by atoms with E-state index < -0.39 is 8.80 Å². The molecule has 0 radical (unpaired) electrons. The third-order valence-electron chi connectivity index (χ3n) is 2.04. The summed E-state index contributed by atoms with van der Waals surface area (Å²) in [6, 6.07) is 0. The van der Waals surface area contributed by atoms with Gasteiger partial charge in [0.15, 0.2) is 0 Å². The molecule has 0 aromatic carbocycles. The van der Waals surface area contributed by atoms with Crippen molar-refractivity contribution >= 4 is 8.80 Å². The van der Waals surface area contributed by atoms with E-state index in [0.717, 1.165) is 0 Å². The highest BCUT2D eigenvalue weighted by atomic mass is 28.4. The number of hydrogen-bond donors (Lipinski definition) is 0. The van der Waals surface area contributed by atoms with Crippen LogP contribution in [0.15, 0.2) is 11.3 Å². The molecule has 0 bridgehead atoms. The molecule has 0 fully saturated rings. The lowest BCUT2D eigenvalue weighted by Crippen LogP contribution is -2.50. The Morgan fingerprint density at radius 2 is 1.11 bits per heavy atom. The maximum absolute atomic E-state index is 5.70. The van der Waals surface area contributed by atoms with Gasteiger partial charge in [-0.1, -0.05) is 0 Å². The molecule has 0 aromatic heterocycles. The van der Waals surface area contributed by atoms with Crippen LogP contribution in [0, 0.1) is 0 Å². The average molecular weight is 280 g/mol. The van der Waals surface area contributed by atoms with Gasteiger partial charge >= 0.3 is 14.7 Å². The predicted octanol–water partition coefficient (Wildman–Crippen LogP) is 1.68. The first-order valence-corrected chi connectivity index (χ1v) is 7.66. The minimum absolute atomic E-state index is 0.208. The van der Waals surface area contributed by atoms with Gasteiger partial charge in [-0.05, 0) is 20.8 Å². The molecule has 0 atom stereocenters. The molecule has 0 saturated carbocycles. The van der Waals surface area contributed by atoms with Gasteiger partial charge in [-0.3, -0.25) is 0 Å². The molecule has 0 aliphatic rings. The normalized spacial score (nSPS) is 11.0. The molecule has 7 heteroatoms. The van der Waals surface area contributed by atoms with Crippen LogP contribution in [-0.2, 0) is 27.5 Å². The van der Waals surface area contributed by atoms with E-state index in [1.807, 2.05) is 20.8 Å². The lowest BCUT2D eigenvalue weighted by atomic mass is 10.9. The average Bonchev–Trinajstić information content (AvgIpc) is 2.36. The highest BCUT2D eigenvalue weighted by Gasteiger charge is 2.51. The van der Waals surface area contributed by atoms with Crippen LogP contribution in [0.2, 0.25) is 0 Å². The quantitative estimate of drug-likeness (QED) is 0.448. The Kier molecular flexibility index (Phi) is 8.81. The first-order chi connectivity index (χ1) is 8.65. The van der Waals surface area contributed by atoms with Crippen molar-refractivity contribution in [3.63, 3.8) is 0 Å². The van der Waals surface area contributed by atoms with E-state index in [9.17, 15) is 0 Å². The number of methoxy groups -OCH3 is 3. The molecular weight excluding hydrogens is 256 g/mol. The van der Waals surface area contributed by atoms with Crippen LogP contribution >= 0.6 is 0 Å². The van der Waals surface area contributed by atoms with E-state index in [4.69, 9.17) is 27.5 Å². The molecule has 6 nitrogen and oxygen atoms in total. The zero-order valence-corrected chi connectivity index (χ0v) is 13.1. The first-order valence-electron chi connectivity index (χ1n) is 5.94. The Hall–Kier alpha value is -0.763. The second kappa shape index (κ2) is 9.20. The summed E-state index contributed by atoms with van der Waals surface area (Å²) in [7, 11) is 1.36. The summed E-state index contributed by atoms with van der Waals surface area (Å²) in [6.07, 6.45) is 0. The van der Waals surface area contributed by atoms with Crippen molar-refractivity contribution in [2.24, 2.45) is 0 Å². The molecule has 0 spiro atoms. The van der Waals surface area contributed by atoms with E-state index in [1.165, 1.54) is 21.3 Å². The second-order valence-corrected chi connectivity index (χ2v) is 5.52. The molecule has 0 aromatic rings. The van der Waals surface area contributed by atoms with Crippen LogP contribution in [0.25, 0.3) is 0 Å². The van der Waals surface area contributed by atoms with Crippen LogP contribution < -0.4 is 0 Å². The SMILES string of the molecule is CCO[Si](OCC)(OCC)C(OC)=C(OC)OC. The molecule has 0 heterocycles. The van der Waals surface area contributed by atoms with Gasteiger partial charge in [-0.25, -0.2) is 0 Å². The molecule has 0 unspecified atom stereocenters. The summed E-state index contributed by atoms with van der Waals surface area (Å²) in [5, 5.41) is 0.345. The third-order valence-corrected chi connectivity index (χ3v) is 5.01. The Bertz CT molecular complexity index is 233. The molecule has 0 saturated heterocycles. The zero-order chi connectivity index (χ0) is 14.0. The van der Waals surface area contributed by atoms with Gasteiger partial charge in [0.05, 0.1) is 21.3 Å². The summed E-state index contributed by atoms with van der Waals surface area (Å²) >= 11 is 0. The van der Waals surface area contributed by atoms with Crippen molar-refractivity contribution in [2.75, 3.05) is 41.2 Å². The highest BCUT2D eigenvalue weighted by molar-refractivity contribution is 6.68. The molecule has 18 heavy (non-hydrogen) atoms. The van der Waals surface area contributed by atoms with E-state index >= 15 is 0 Å². The number of hydrogen-bond acceptors (Lipinski definition) is 6. The van der Waals surface area contributed by atoms with E-state index in [-0.39, 0.29) is 5.95 Å². The van der Waals surface area contributed by atoms with Crippen molar-refractivity contribution in [1.82, 2.24) is 0 Å². The van der Waals surface area contributed by atoms with Gasteiger partial charge in [0.2, 0.25) is 5.38 Å². The van der Waals surface area contributed by atoms with Crippen molar-refractivity contribution in [1.29, 1.82) is 0 Å². The summed E-state index contributed by atoms with van der Waals surface area (Å²) in [6.45, 7) is 6.93. The monoisotopic (exact) mass is 280 g/mol. The van der Waals surface area contributed by atoms with Gasteiger partial charge < -0.3 is 27.5 Å². The maximum Gasteiger partial charge on any atom is 0.581 e. The van der Waals surface area contributed by atoms with Gasteiger partial charge in [-0.15, -0.1) is 0 Å². The molecule has 0 rings (SSSR count). The maximum atomic E-state index is 5.70. The summed E-state index contributed by atoms with van der Waals surface area (Å²) in [5.41, 5.74) is 0. The molecule has 108 valence electrons. The minimum Gasteiger partial charge on any atom is -0.492 e. The second-order valence-electron chi connectivity index (χ2n) is 3.08. The number of ether oxygens (including phenoxy) is 3. The Labute approximate surface area is 110 Å². The van der Waals surface area contributed by atoms with Crippen LogP contribution in [0.4, 0.5) is 0 Å². The standard InChI is InChI=1S/C11H24O6Si/c1-7-15-18(16-8-2,17-9-3)11(14-6)10(12-4)13-5/h7-9H2,1-6H3. The molecule has 0 aliphatic carbocycles. The van der Waals surface area contributed by atoms with Gasteiger partial charge in [0.1, 0.15) is 0 Å². The number of rotatable bonds is 10. The van der Waals surface area contributed by atoms with Crippen molar-refractivity contribution in [3.8, 4) is 0 Å². The van der Waals surface area contributed by atoms with Gasteiger partial charge in [0.25, 0.3) is 0 Å². The summed E-state index contributed by atoms with van der Waals surface area (Å²) in [5.74, 6) is 0.208. The highest BCUT2D eigenvalue weighted by Crippen LogP contribution is 2.24. The Morgan fingerprint density at radius 1 is 0.722 bits per heavy atom. The summed E-state index contributed by atoms with van der Waals surface area (Å²) in [4.78, 5) is 0.